The van der Waals surface area contributed by atoms with Gasteiger partial charge in [0.1, 0.15) is 4.92 Å². The summed E-state index contributed by atoms with van der Waals surface area (Å²) in [6, 6.07) is 10.2. The summed E-state index contributed by atoms with van der Waals surface area (Å²) in [4.78, 5) is 28.9. The molecule has 1 aromatic heterocycles. The fourth-order valence-electron chi connectivity index (χ4n) is 2.09. The van der Waals surface area contributed by atoms with E-state index in [-0.39, 0.29) is 5.88 Å². The summed E-state index contributed by atoms with van der Waals surface area (Å²) < 4.78 is 8.67. The molecule has 0 aliphatic carbocycles. The van der Waals surface area contributed by atoms with Crippen molar-refractivity contribution in [2.45, 2.75) is 20.3 Å². The number of carbonyl (C=O) groups excluding carboxylic acids is 2. The summed E-state index contributed by atoms with van der Waals surface area (Å²) in [5.41, 5.74) is 3.49. The Labute approximate surface area is 172 Å². The maximum atomic E-state index is 10.4. The van der Waals surface area contributed by atoms with Crippen LogP contribution in [0.1, 0.15) is 18.9 Å². The van der Waals surface area contributed by atoms with Gasteiger partial charge in [-0.25, -0.2) is 0 Å². The first kappa shape index (κ1) is 23.6. The summed E-state index contributed by atoms with van der Waals surface area (Å²) in [7, 11) is 0. The minimum absolute atomic E-state index is 0.183. The van der Waals surface area contributed by atoms with Crippen LogP contribution in [0.25, 0.3) is 11.1 Å². The van der Waals surface area contributed by atoms with Crippen molar-refractivity contribution in [3.05, 3.63) is 75.7 Å². The molecule has 1 aromatic carbocycles. The van der Waals surface area contributed by atoms with Gasteiger partial charge in [0, 0.05) is 11.5 Å². The monoisotopic (exact) mass is 418 g/mol. The van der Waals surface area contributed by atoms with Gasteiger partial charge in [-0.2, -0.15) is 0 Å². The van der Waals surface area contributed by atoms with Crippen molar-refractivity contribution in [2.75, 3.05) is 11.9 Å². The summed E-state index contributed by atoms with van der Waals surface area (Å²) in [6.07, 6.45) is 5.73. The number of carbonyl (C=O) groups is 2. The molecule has 0 saturated carbocycles. The predicted octanol–water partition coefficient (Wildman–Crippen LogP) is 4.51. The summed E-state index contributed by atoms with van der Waals surface area (Å²) in [5.74, 6) is -0.183. The lowest BCUT2D eigenvalue weighted by Crippen LogP contribution is -2.01. The maximum Gasteiger partial charge on any atom is 0.429 e. The second kappa shape index (κ2) is 13.7. The molecule has 8 nitrogen and oxygen atoms in total. The number of hydrogen-bond donors (Lipinski definition) is 1. The third-order valence-electron chi connectivity index (χ3n) is 3.44. The van der Waals surface area contributed by atoms with Gasteiger partial charge in [0.15, 0.2) is 0 Å². The maximum absolute atomic E-state index is 10.4. The third kappa shape index (κ3) is 8.39. The molecule has 1 aliphatic heterocycles. The number of thiophene rings is 1. The molecule has 3 rings (SSSR count). The average molecular weight is 418 g/mol. The first-order chi connectivity index (χ1) is 14.0. The van der Waals surface area contributed by atoms with Gasteiger partial charge < -0.3 is 14.8 Å². The van der Waals surface area contributed by atoms with Crippen molar-refractivity contribution in [2.24, 2.45) is 0 Å². The lowest BCUT2D eigenvalue weighted by atomic mass is 10.1. The van der Waals surface area contributed by atoms with Crippen LogP contribution in [0, 0.1) is 17.0 Å². The number of ether oxygens (including phenoxy) is 2. The van der Waals surface area contributed by atoms with E-state index < -0.39 is 4.92 Å². The molecule has 0 spiro atoms. The molecule has 0 saturated heterocycles. The first-order valence-electron chi connectivity index (χ1n) is 8.60. The van der Waals surface area contributed by atoms with Gasteiger partial charge in [-0.15, -0.1) is 11.3 Å². The average Bonchev–Trinajstić information content (AvgIpc) is 3.11. The molecule has 0 bridgehead atoms. The van der Waals surface area contributed by atoms with Crippen LogP contribution in [0.3, 0.4) is 0 Å². The highest BCUT2D eigenvalue weighted by atomic mass is 32.1. The van der Waals surface area contributed by atoms with Crippen LogP contribution in [-0.2, 0) is 19.1 Å². The minimum atomic E-state index is -0.552. The lowest BCUT2D eigenvalue weighted by molar-refractivity contribution is -0.459. The molecule has 1 N–H and O–H groups in total. The Balaban J connectivity index is 0.000000255. The van der Waals surface area contributed by atoms with Gasteiger partial charge in [-0.1, -0.05) is 30.3 Å². The number of hydrogen-bond acceptors (Lipinski definition) is 7. The van der Waals surface area contributed by atoms with Gasteiger partial charge >= 0.3 is 5.88 Å². The van der Waals surface area contributed by atoms with Gasteiger partial charge in [0.2, 0.25) is 6.41 Å². The van der Waals surface area contributed by atoms with E-state index in [9.17, 15) is 19.7 Å². The van der Waals surface area contributed by atoms with E-state index in [0.29, 0.717) is 25.9 Å². The molecule has 2 aromatic rings. The molecule has 0 fully saturated rings. The van der Waals surface area contributed by atoms with Crippen LogP contribution in [0.5, 0.6) is 0 Å². The molecule has 2 heterocycles. The Kier molecular flexibility index (Phi) is 11.1. The number of nitrogens with zero attached hydrogens (tertiary/aromatic N) is 1. The van der Waals surface area contributed by atoms with E-state index >= 15 is 0 Å². The fraction of sp³-hybridized carbons (Fsp3) is 0.200. The van der Waals surface area contributed by atoms with E-state index in [1.165, 1.54) is 23.5 Å². The standard InChI is InChI=1S/C12H11NOS.C5H5NO3.C3H6O2/c1-9-11(7-15-12(9)13-8-14)10-5-3-2-4-6-10;7-6(8)5-3-1-2-4-9-5;1-2-5-3-4/h2-8H,1H3,(H,13,14);2-4H,1H2;3H,2H2,1H3. The molecule has 0 radical (unpaired) electrons. The minimum Gasteiger partial charge on any atom is -0.468 e. The molecule has 0 unspecified atom stereocenters. The van der Waals surface area contributed by atoms with Crippen molar-refractivity contribution in [1.29, 1.82) is 0 Å². The van der Waals surface area contributed by atoms with Crippen molar-refractivity contribution >= 4 is 29.2 Å². The highest BCUT2D eigenvalue weighted by Gasteiger charge is 2.11. The molecule has 1 aliphatic rings. The van der Waals surface area contributed by atoms with Crippen LogP contribution in [0.4, 0.5) is 5.00 Å². The van der Waals surface area contributed by atoms with E-state index in [4.69, 9.17) is 0 Å². The topological polar surface area (TPSA) is 108 Å². The zero-order chi connectivity index (χ0) is 21.5. The number of nitrogens with one attached hydrogen (secondary N) is 1. The summed E-state index contributed by atoms with van der Waals surface area (Å²) in [6.45, 7) is 4.68. The van der Waals surface area contributed by atoms with Crippen LogP contribution < -0.4 is 5.32 Å². The van der Waals surface area contributed by atoms with Gasteiger partial charge in [-0.3, -0.25) is 19.7 Å². The number of benzene rings is 1. The molecule has 1 amide bonds. The van der Waals surface area contributed by atoms with E-state index in [1.807, 2.05) is 25.1 Å². The molecule has 154 valence electrons. The Morgan fingerprint density at radius 2 is 2.03 bits per heavy atom. The number of allylic oxidation sites excluding steroid dienone is 2. The molecule has 9 heteroatoms. The van der Waals surface area contributed by atoms with Crippen molar-refractivity contribution in [1.82, 2.24) is 0 Å². The fourth-order valence-corrected chi connectivity index (χ4v) is 3.04. The number of anilines is 1. The van der Waals surface area contributed by atoms with Gasteiger partial charge in [0.25, 0.3) is 6.47 Å². The number of amides is 1. The Morgan fingerprint density at radius 3 is 2.48 bits per heavy atom. The number of nitro groups is 1. The molecule has 29 heavy (non-hydrogen) atoms. The normalized spacial score (nSPS) is 11.3. The van der Waals surface area contributed by atoms with Gasteiger partial charge in [-0.05, 0) is 43.0 Å². The Morgan fingerprint density at radius 1 is 1.31 bits per heavy atom. The highest BCUT2D eigenvalue weighted by molar-refractivity contribution is 7.15. The van der Waals surface area contributed by atoms with Crippen LogP contribution in [-0.4, -0.2) is 24.4 Å². The van der Waals surface area contributed by atoms with E-state index in [1.54, 1.807) is 24.3 Å². The van der Waals surface area contributed by atoms with Crippen LogP contribution in [0.2, 0.25) is 0 Å². The molecular formula is C20H22N2O6S. The predicted molar refractivity (Wildman–Crippen MR) is 112 cm³/mol. The zero-order valence-corrected chi connectivity index (χ0v) is 16.9. The Bertz CT molecular complexity index is 846. The SMILES string of the molecule is CCOC=O.Cc1c(-c2ccccc2)csc1NC=O.O=[N+]([O-])C1=CCC=CO1. The van der Waals surface area contributed by atoms with Crippen LogP contribution in [0.15, 0.2) is 60.0 Å². The highest BCUT2D eigenvalue weighted by Crippen LogP contribution is 2.34. The smallest absolute Gasteiger partial charge is 0.429 e. The van der Waals surface area contributed by atoms with E-state index in [2.05, 4.69) is 32.3 Å². The first-order valence-corrected chi connectivity index (χ1v) is 9.48. The molecular weight excluding hydrogens is 396 g/mol. The van der Waals surface area contributed by atoms with Crippen molar-refractivity contribution < 1.29 is 24.0 Å². The van der Waals surface area contributed by atoms with Crippen LogP contribution >= 0.6 is 11.3 Å². The second-order valence-electron chi connectivity index (χ2n) is 5.31. The van der Waals surface area contributed by atoms with Crippen molar-refractivity contribution in [3.63, 3.8) is 0 Å². The Hall–Kier alpha value is -3.46. The van der Waals surface area contributed by atoms with Crippen molar-refractivity contribution in [3.8, 4) is 11.1 Å². The third-order valence-corrected chi connectivity index (χ3v) is 4.46. The van der Waals surface area contributed by atoms with Gasteiger partial charge in [0.05, 0.1) is 17.9 Å². The second-order valence-corrected chi connectivity index (χ2v) is 6.19. The summed E-state index contributed by atoms with van der Waals surface area (Å²) >= 11 is 1.55. The summed E-state index contributed by atoms with van der Waals surface area (Å²) in [5, 5.41) is 15.6. The zero-order valence-electron chi connectivity index (χ0n) is 16.1. The van der Waals surface area contributed by atoms with E-state index in [0.717, 1.165) is 10.6 Å². The number of rotatable bonds is 6. The largest absolute Gasteiger partial charge is 0.468 e. The molecule has 0 atom stereocenters. The lowest BCUT2D eigenvalue weighted by Gasteiger charge is -2.00. The quantitative estimate of drug-likeness (QED) is 0.420.